The molecule has 1 N–H and O–H groups in total. The average Bonchev–Trinajstić information content (AvgIpc) is 2.60. The quantitative estimate of drug-likeness (QED) is 0.780. The topological polar surface area (TPSA) is 53.6 Å². The van der Waals surface area contributed by atoms with Crippen molar-refractivity contribution in [1.82, 2.24) is 14.9 Å². The number of aryl methyl sites for hydroxylation is 1. The predicted octanol–water partition coefficient (Wildman–Crippen LogP) is 1.23. The first-order valence-electron chi connectivity index (χ1n) is 4.75. The summed E-state index contributed by atoms with van der Waals surface area (Å²) >= 11 is 0. The van der Waals surface area contributed by atoms with Crippen LogP contribution in [0, 0.1) is 17.2 Å². The zero-order valence-corrected chi connectivity index (χ0v) is 8.86. The van der Waals surface area contributed by atoms with Crippen LogP contribution in [0.4, 0.5) is 0 Å². The molecule has 1 aromatic rings. The van der Waals surface area contributed by atoms with E-state index >= 15 is 0 Å². The van der Waals surface area contributed by atoms with Crippen molar-refractivity contribution in [3.63, 3.8) is 0 Å². The third-order valence-electron chi connectivity index (χ3n) is 2.20. The standard InChI is InChI=1S/C10H16N4/c1-8(6-11)7-13-9(2)10-12-4-5-14(10)3/h4-5,8-9,13H,7H2,1-3H3. The second-order valence-corrected chi connectivity index (χ2v) is 3.56. The van der Waals surface area contributed by atoms with E-state index in [4.69, 9.17) is 5.26 Å². The largest absolute Gasteiger partial charge is 0.337 e. The van der Waals surface area contributed by atoms with Crippen LogP contribution in [0.5, 0.6) is 0 Å². The molecule has 0 saturated carbocycles. The number of nitriles is 1. The number of rotatable bonds is 4. The summed E-state index contributed by atoms with van der Waals surface area (Å²) in [4.78, 5) is 4.24. The van der Waals surface area contributed by atoms with Crippen LogP contribution in [-0.2, 0) is 7.05 Å². The van der Waals surface area contributed by atoms with Crippen molar-refractivity contribution < 1.29 is 0 Å². The van der Waals surface area contributed by atoms with Gasteiger partial charge in [0.1, 0.15) is 5.82 Å². The Morgan fingerprint density at radius 1 is 1.64 bits per heavy atom. The highest BCUT2D eigenvalue weighted by Crippen LogP contribution is 2.08. The Kier molecular flexibility index (Phi) is 3.66. The highest BCUT2D eigenvalue weighted by Gasteiger charge is 2.10. The normalized spacial score (nSPS) is 14.7. The fraction of sp³-hybridized carbons (Fsp3) is 0.600. The highest BCUT2D eigenvalue weighted by atomic mass is 15.1. The highest BCUT2D eigenvalue weighted by molar-refractivity contribution is 4.97. The lowest BCUT2D eigenvalue weighted by Crippen LogP contribution is -2.25. The van der Waals surface area contributed by atoms with Gasteiger partial charge in [-0.1, -0.05) is 0 Å². The predicted molar refractivity (Wildman–Crippen MR) is 54.4 cm³/mol. The Morgan fingerprint density at radius 2 is 2.36 bits per heavy atom. The summed E-state index contributed by atoms with van der Waals surface area (Å²) in [7, 11) is 1.97. The van der Waals surface area contributed by atoms with Gasteiger partial charge in [-0.05, 0) is 13.8 Å². The first-order valence-corrected chi connectivity index (χ1v) is 4.75. The summed E-state index contributed by atoms with van der Waals surface area (Å²) in [5.74, 6) is 1.04. The zero-order chi connectivity index (χ0) is 10.6. The SMILES string of the molecule is CC(C#N)CNC(C)c1nccn1C. The third kappa shape index (κ3) is 2.57. The summed E-state index contributed by atoms with van der Waals surface area (Å²) < 4.78 is 1.98. The van der Waals surface area contributed by atoms with Crippen molar-refractivity contribution in [3.8, 4) is 6.07 Å². The van der Waals surface area contributed by atoms with Crippen LogP contribution >= 0.6 is 0 Å². The molecule has 0 bridgehead atoms. The Balaban J connectivity index is 2.48. The molecular formula is C10H16N4. The molecule has 76 valence electrons. The summed E-state index contributed by atoms with van der Waals surface area (Å²) in [6.45, 7) is 4.65. The second kappa shape index (κ2) is 4.77. The molecule has 0 aliphatic rings. The van der Waals surface area contributed by atoms with Gasteiger partial charge in [-0.25, -0.2) is 4.98 Å². The lowest BCUT2D eigenvalue weighted by Gasteiger charge is -2.14. The van der Waals surface area contributed by atoms with Crippen LogP contribution in [0.2, 0.25) is 0 Å². The molecule has 0 aromatic carbocycles. The molecule has 4 nitrogen and oxygen atoms in total. The second-order valence-electron chi connectivity index (χ2n) is 3.56. The van der Waals surface area contributed by atoms with E-state index in [0.29, 0.717) is 6.54 Å². The molecule has 0 aliphatic carbocycles. The van der Waals surface area contributed by atoms with Crippen LogP contribution in [0.1, 0.15) is 25.7 Å². The van der Waals surface area contributed by atoms with Crippen LogP contribution in [0.15, 0.2) is 12.4 Å². The minimum absolute atomic E-state index is 0.0396. The molecule has 2 atom stereocenters. The van der Waals surface area contributed by atoms with Crippen LogP contribution in [0.3, 0.4) is 0 Å². The van der Waals surface area contributed by atoms with Gasteiger partial charge in [-0.3, -0.25) is 0 Å². The number of hydrogen-bond donors (Lipinski definition) is 1. The minimum atomic E-state index is 0.0396. The van der Waals surface area contributed by atoms with Crippen molar-refractivity contribution in [2.24, 2.45) is 13.0 Å². The van der Waals surface area contributed by atoms with Crippen molar-refractivity contribution in [2.75, 3.05) is 6.54 Å². The first kappa shape index (κ1) is 10.7. The first-order chi connectivity index (χ1) is 6.65. The monoisotopic (exact) mass is 192 g/mol. The third-order valence-corrected chi connectivity index (χ3v) is 2.20. The number of hydrogen-bond acceptors (Lipinski definition) is 3. The smallest absolute Gasteiger partial charge is 0.125 e. The summed E-state index contributed by atoms with van der Waals surface area (Å²) in [6.07, 6.45) is 3.70. The molecule has 4 heteroatoms. The molecular weight excluding hydrogens is 176 g/mol. The number of nitrogens with one attached hydrogen (secondary N) is 1. The van der Waals surface area contributed by atoms with Gasteiger partial charge < -0.3 is 9.88 Å². The molecule has 1 aromatic heterocycles. The fourth-order valence-corrected chi connectivity index (χ4v) is 1.28. The number of aromatic nitrogens is 2. The Labute approximate surface area is 84.6 Å². The maximum atomic E-state index is 8.62. The van der Waals surface area contributed by atoms with E-state index in [2.05, 4.69) is 16.4 Å². The Morgan fingerprint density at radius 3 is 2.86 bits per heavy atom. The van der Waals surface area contributed by atoms with E-state index in [9.17, 15) is 0 Å². The van der Waals surface area contributed by atoms with Crippen LogP contribution in [0.25, 0.3) is 0 Å². The van der Waals surface area contributed by atoms with Crippen molar-refractivity contribution in [1.29, 1.82) is 5.26 Å². The molecule has 0 radical (unpaired) electrons. The van der Waals surface area contributed by atoms with E-state index in [1.165, 1.54) is 0 Å². The molecule has 0 amide bonds. The molecule has 0 spiro atoms. The molecule has 2 unspecified atom stereocenters. The summed E-state index contributed by atoms with van der Waals surface area (Å²) in [5, 5.41) is 11.9. The number of imidazole rings is 1. The van der Waals surface area contributed by atoms with Crippen molar-refractivity contribution in [2.45, 2.75) is 19.9 Å². The van der Waals surface area contributed by atoms with E-state index in [1.807, 2.05) is 31.7 Å². The van der Waals surface area contributed by atoms with E-state index in [-0.39, 0.29) is 12.0 Å². The zero-order valence-electron chi connectivity index (χ0n) is 8.86. The van der Waals surface area contributed by atoms with E-state index in [1.54, 1.807) is 6.20 Å². The van der Waals surface area contributed by atoms with Gasteiger partial charge in [0.2, 0.25) is 0 Å². The Hall–Kier alpha value is -1.34. The summed E-state index contributed by atoms with van der Waals surface area (Å²) in [5.41, 5.74) is 0. The lowest BCUT2D eigenvalue weighted by atomic mass is 10.2. The van der Waals surface area contributed by atoms with Crippen LogP contribution in [-0.4, -0.2) is 16.1 Å². The molecule has 14 heavy (non-hydrogen) atoms. The van der Waals surface area contributed by atoms with E-state index in [0.717, 1.165) is 5.82 Å². The maximum Gasteiger partial charge on any atom is 0.125 e. The average molecular weight is 192 g/mol. The van der Waals surface area contributed by atoms with Gasteiger partial charge in [-0.15, -0.1) is 0 Å². The minimum Gasteiger partial charge on any atom is -0.337 e. The molecule has 0 aliphatic heterocycles. The van der Waals surface area contributed by atoms with Gasteiger partial charge in [0.25, 0.3) is 0 Å². The Bertz CT molecular complexity index is 323. The van der Waals surface area contributed by atoms with Gasteiger partial charge in [0.05, 0.1) is 18.0 Å². The van der Waals surface area contributed by atoms with Crippen molar-refractivity contribution in [3.05, 3.63) is 18.2 Å². The van der Waals surface area contributed by atoms with Crippen LogP contribution < -0.4 is 5.32 Å². The molecule has 0 saturated heterocycles. The molecule has 0 fully saturated rings. The fourth-order valence-electron chi connectivity index (χ4n) is 1.28. The number of nitrogens with zero attached hydrogens (tertiary/aromatic N) is 3. The van der Waals surface area contributed by atoms with Gasteiger partial charge in [-0.2, -0.15) is 5.26 Å². The molecule has 1 heterocycles. The van der Waals surface area contributed by atoms with Gasteiger partial charge in [0, 0.05) is 26.0 Å². The lowest BCUT2D eigenvalue weighted by molar-refractivity contribution is 0.498. The van der Waals surface area contributed by atoms with E-state index < -0.39 is 0 Å². The molecule has 1 rings (SSSR count). The van der Waals surface area contributed by atoms with Crippen molar-refractivity contribution >= 4 is 0 Å². The van der Waals surface area contributed by atoms with Gasteiger partial charge >= 0.3 is 0 Å². The van der Waals surface area contributed by atoms with Gasteiger partial charge in [0.15, 0.2) is 0 Å². The summed E-state index contributed by atoms with van der Waals surface area (Å²) in [6, 6.07) is 2.38. The maximum absolute atomic E-state index is 8.62.